The van der Waals surface area contributed by atoms with Crippen molar-refractivity contribution in [1.29, 1.82) is 0 Å². The SMILES string of the molecule is CC(C)(C)OC(=O)NCC(Cc1ccncc1)C(=O)O. The molecule has 0 bridgehead atoms. The van der Waals surface area contributed by atoms with E-state index >= 15 is 0 Å². The van der Waals surface area contributed by atoms with Crippen molar-refractivity contribution in [2.24, 2.45) is 5.92 Å². The maximum Gasteiger partial charge on any atom is 0.407 e. The number of aromatic nitrogens is 1. The number of ether oxygens (including phenoxy) is 1. The molecule has 0 aliphatic carbocycles. The first kappa shape index (κ1) is 15.9. The zero-order valence-corrected chi connectivity index (χ0v) is 11.9. The molecule has 20 heavy (non-hydrogen) atoms. The Labute approximate surface area is 118 Å². The van der Waals surface area contributed by atoms with E-state index in [1.807, 2.05) is 0 Å². The Balaban J connectivity index is 2.52. The molecule has 1 aromatic heterocycles. The summed E-state index contributed by atoms with van der Waals surface area (Å²) < 4.78 is 5.07. The number of carbonyl (C=O) groups excluding carboxylic acids is 1. The van der Waals surface area contributed by atoms with Gasteiger partial charge < -0.3 is 15.2 Å². The Bertz CT molecular complexity index is 454. The molecule has 1 rings (SSSR count). The highest BCUT2D eigenvalue weighted by Gasteiger charge is 2.21. The number of carbonyl (C=O) groups is 2. The van der Waals surface area contributed by atoms with Crippen LogP contribution in [0, 0.1) is 5.92 Å². The molecule has 0 saturated heterocycles. The summed E-state index contributed by atoms with van der Waals surface area (Å²) >= 11 is 0. The highest BCUT2D eigenvalue weighted by Crippen LogP contribution is 2.09. The molecule has 0 aliphatic rings. The van der Waals surface area contributed by atoms with Crippen LogP contribution in [-0.4, -0.2) is 34.3 Å². The maximum atomic E-state index is 11.5. The van der Waals surface area contributed by atoms with E-state index in [1.54, 1.807) is 45.3 Å². The fraction of sp³-hybridized carbons (Fsp3) is 0.500. The first-order chi connectivity index (χ1) is 9.28. The van der Waals surface area contributed by atoms with Gasteiger partial charge in [-0.25, -0.2) is 4.79 Å². The van der Waals surface area contributed by atoms with E-state index in [4.69, 9.17) is 4.74 Å². The summed E-state index contributed by atoms with van der Waals surface area (Å²) in [6, 6.07) is 3.51. The Kier molecular flexibility index (Phi) is 5.49. The van der Waals surface area contributed by atoms with Gasteiger partial charge in [0.05, 0.1) is 5.92 Å². The number of nitrogens with zero attached hydrogens (tertiary/aromatic N) is 1. The Morgan fingerprint density at radius 3 is 2.45 bits per heavy atom. The summed E-state index contributed by atoms with van der Waals surface area (Å²) in [5.41, 5.74) is 0.256. The van der Waals surface area contributed by atoms with Crippen LogP contribution in [0.25, 0.3) is 0 Å². The van der Waals surface area contributed by atoms with Crippen molar-refractivity contribution in [2.75, 3.05) is 6.54 Å². The van der Waals surface area contributed by atoms with Crippen LogP contribution in [0.1, 0.15) is 26.3 Å². The third kappa shape index (κ3) is 6.17. The van der Waals surface area contributed by atoms with Crippen LogP contribution < -0.4 is 5.32 Å². The molecule has 0 saturated carbocycles. The van der Waals surface area contributed by atoms with Crippen molar-refractivity contribution >= 4 is 12.1 Å². The van der Waals surface area contributed by atoms with Crippen LogP contribution in [0.15, 0.2) is 24.5 Å². The second kappa shape index (κ2) is 6.88. The molecule has 1 aromatic rings. The van der Waals surface area contributed by atoms with Crippen molar-refractivity contribution in [1.82, 2.24) is 10.3 Å². The van der Waals surface area contributed by atoms with Gasteiger partial charge in [0, 0.05) is 18.9 Å². The van der Waals surface area contributed by atoms with Gasteiger partial charge >= 0.3 is 12.1 Å². The van der Waals surface area contributed by atoms with Crippen molar-refractivity contribution < 1.29 is 19.4 Å². The molecular weight excluding hydrogens is 260 g/mol. The molecule has 6 nitrogen and oxygen atoms in total. The maximum absolute atomic E-state index is 11.5. The monoisotopic (exact) mass is 280 g/mol. The van der Waals surface area contributed by atoms with Crippen LogP contribution in [0.2, 0.25) is 0 Å². The average Bonchev–Trinajstić information content (AvgIpc) is 2.33. The number of carboxylic acid groups (broad SMARTS) is 1. The van der Waals surface area contributed by atoms with Gasteiger partial charge in [-0.1, -0.05) is 0 Å². The van der Waals surface area contributed by atoms with Gasteiger partial charge in [-0.2, -0.15) is 0 Å². The lowest BCUT2D eigenvalue weighted by Crippen LogP contribution is -2.37. The zero-order valence-electron chi connectivity index (χ0n) is 11.9. The normalized spacial score (nSPS) is 12.6. The van der Waals surface area contributed by atoms with E-state index in [2.05, 4.69) is 10.3 Å². The number of alkyl carbamates (subject to hydrolysis) is 1. The minimum Gasteiger partial charge on any atom is -0.481 e. The predicted octanol–water partition coefficient (Wildman–Crippen LogP) is 1.85. The average molecular weight is 280 g/mol. The number of aliphatic carboxylic acids is 1. The third-order valence-electron chi connectivity index (χ3n) is 2.47. The third-order valence-corrected chi connectivity index (χ3v) is 2.47. The summed E-state index contributed by atoms with van der Waals surface area (Å²) in [6.45, 7) is 5.27. The van der Waals surface area contributed by atoms with Crippen LogP contribution in [-0.2, 0) is 16.0 Å². The van der Waals surface area contributed by atoms with Crippen LogP contribution >= 0.6 is 0 Å². The molecule has 0 aromatic carbocycles. The molecule has 0 fully saturated rings. The van der Waals surface area contributed by atoms with Crippen LogP contribution in [0.3, 0.4) is 0 Å². The first-order valence-electron chi connectivity index (χ1n) is 6.36. The Morgan fingerprint density at radius 1 is 1.35 bits per heavy atom. The lowest BCUT2D eigenvalue weighted by Gasteiger charge is -2.20. The summed E-state index contributed by atoms with van der Waals surface area (Å²) in [7, 11) is 0. The van der Waals surface area contributed by atoms with Crippen molar-refractivity contribution in [3.8, 4) is 0 Å². The minimum absolute atomic E-state index is 0.0204. The number of hydrogen-bond donors (Lipinski definition) is 2. The Morgan fingerprint density at radius 2 is 1.95 bits per heavy atom. The summed E-state index contributed by atoms with van der Waals surface area (Å²) in [5.74, 6) is -1.66. The highest BCUT2D eigenvalue weighted by molar-refractivity contribution is 5.73. The Hall–Kier alpha value is -2.11. The number of rotatable bonds is 5. The molecule has 0 radical (unpaired) electrons. The van der Waals surface area contributed by atoms with Gasteiger partial charge in [0.15, 0.2) is 0 Å². The van der Waals surface area contributed by atoms with Gasteiger partial charge in [0.25, 0.3) is 0 Å². The summed E-state index contributed by atoms with van der Waals surface area (Å²) in [5, 5.41) is 11.7. The van der Waals surface area contributed by atoms with Gasteiger partial charge in [-0.05, 0) is 44.9 Å². The predicted molar refractivity (Wildman–Crippen MR) is 73.3 cm³/mol. The molecule has 2 N–H and O–H groups in total. The van der Waals surface area contributed by atoms with Crippen LogP contribution in [0.5, 0.6) is 0 Å². The number of nitrogens with one attached hydrogen (secondary N) is 1. The molecule has 1 amide bonds. The largest absolute Gasteiger partial charge is 0.481 e. The molecule has 1 heterocycles. The molecule has 110 valence electrons. The highest BCUT2D eigenvalue weighted by atomic mass is 16.6. The quantitative estimate of drug-likeness (QED) is 0.859. The smallest absolute Gasteiger partial charge is 0.407 e. The second-order valence-corrected chi connectivity index (χ2v) is 5.48. The molecular formula is C14H20N2O4. The van der Waals surface area contributed by atoms with Crippen molar-refractivity contribution in [2.45, 2.75) is 32.8 Å². The molecule has 0 aliphatic heterocycles. The van der Waals surface area contributed by atoms with Crippen molar-refractivity contribution in [3.05, 3.63) is 30.1 Å². The van der Waals surface area contributed by atoms with E-state index in [1.165, 1.54) is 0 Å². The minimum atomic E-state index is -0.960. The van der Waals surface area contributed by atoms with E-state index < -0.39 is 23.6 Å². The standard InChI is InChI=1S/C14H20N2O4/c1-14(2,3)20-13(19)16-9-11(12(17)18)8-10-4-6-15-7-5-10/h4-7,11H,8-9H2,1-3H3,(H,16,19)(H,17,18). The molecule has 6 heteroatoms. The van der Waals surface area contributed by atoms with Crippen molar-refractivity contribution in [3.63, 3.8) is 0 Å². The fourth-order valence-electron chi connectivity index (χ4n) is 1.57. The lowest BCUT2D eigenvalue weighted by molar-refractivity contribution is -0.141. The number of hydrogen-bond acceptors (Lipinski definition) is 4. The van der Waals surface area contributed by atoms with E-state index in [0.29, 0.717) is 6.42 Å². The summed E-state index contributed by atoms with van der Waals surface area (Å²) in [4.78, 5) is 26.6. The lowest BCUT2D eigenvalue weighted by atomic mass is 10.0. The van der Waals surface area contributed by atoms with Gasteiger partial charge in [-0.15, -0.1) is 0 Å². The molecule has 0 spiro atoms. The van der Waals surface area contributed by atoms with Gasteiger partial charge in [0.2, 0.25) is 0 Å². The summed E-state index contributed by atoms with van der Waals surface area (Å²) in [6.07, 6.45) is 2.93. The van der Waals surface area contributed by atoms with E-state index in [9.17, 15) is 14.7 Å². The topological polar surface area (TPSA) is 88.5 Å². The number of carboxylic acids is 1. The van der Waals surface area contributed by atoms with E-state index in [-0.39, 0.29) is 6.54 Å². The number of pyridine rings is 1. The first-order valence-corrected chi connectivity index (χ1v) is 6.36. The van der Waals surface area contributed by atoms with Crippen LogP contribution in [0.4, 0.5) is 4.79 Å². The zero-order chi connectivity index (χ0) is 15.2. The number of amides is 1. The molecule has 1 atom stereocenters. The van der Waals surface area contributed by atoms with Gasteiger partial charge in [-0.3, -0.25) is 9.78 Å². The fourth-order valence-corrected chi connectivity index (χ4v) is 1.57. The second-order valence-electron chi connectivity index (χ2n) is 5.48. The molecule has 1 unspecified atom stereocenters. The van der Waals surface area contributed by atoms with Gasteiger partial charge in [0.1, 0.15) is 5.60 Å². The van der Waals surface area contributed by atoms with E-state index in [0.717, 1.165) is 5.56 Å².